The highest BCUT2D eigenvalue weighted by molar-refractivity contribution is 6.30. The molecule has 0 aromatic carbocycles. The van der Waals surface area contributed by atoms with E-state index in [-0.39, 0.29) is 11.0 Å². The van der Waals surface area contributed by atoms with Crippen molar-refractivity contribution < 1.29 is 0 Å². The molecule has 2 radical (unpaired) electrons. The fourth-order valence-corrected chi connectivity index (χ4v) is 0.561. The van der Waals surface area contributed by atoms with Crippen LogP contribution < -0.4 is 10.6 Å². The van der Waals surface area contributed by atoms with Crippen LogP contribution in [0.15, 0.2) is 0 Å². The summed E-state index contributed by atoms with van der Waals surface area (Å²) >= 11 is 11.0. The third-order valence-electron chi connectivity index (χ3n) is 0.677. The van der Waals surface area contributed by atoms with Crippen LogP contribution in [0.1, 0.15) is 0 Å². The normalized spacial score (nSPS) is 42.0. The van der Waals surface area contributed by atoms with E-state index >= 15 is 0 Å². The van der Waals surface area contributed by atoms with Crippen LogP contribution in [0.2, 0.25) is 0 Å². The van der Waals surface area contributed by atoms with Crippen LogP contribution in [0.25, 0.3) is 0 Å². The third kappa shape index (κ3) is 1.19. The van der Waals surface area contributed by atoms with E-state index in [0.29, 0.717) is 0 Å². The molecule has 2 atom stereocenters. The zero-order valence-corrected chi connectivity index (χ0v) is 4.92. The van der Waals surface area contributed by atoms with Crippen molar-refractivity contribution in [2.45, 2.75) is 11.0 Å². The topological polar surface area (TPSA) is 24.1 Å². The predicted molar refractivity (Wildman–Crippen MR) is 28.8 cm³/mol. The minimum atomic E-state index is -0.221. The molecule has 4 heteroatoms. The first-order valence-corrected chi connectivity index (χ1v) is 2.72. The lowest BCUT2D eigenvalue weighted by molar-refractivity contribution is 0.804. The van der Waals surface area contributed by atoms with Crippen molar-refractivity contribution in [1.82, 2.24) is 10.6 Å². The van der Waals surface area contributed by atoms with E-state index in [1.165, 1.54) is 0 Å². The lowest BCUT2D eigenvalue weighted by Crippen LogP contribution is -2.21. The Labute approximate surface area is 52.2 Å². The molecule has 2 N–H and O–H groups in total. The molecule has 0 aromatic rings. The molecule has 1 rings (SSSR count). The quantitative estimate of drug-likeness (QED) is 0.372. The Morgan fingerprint density at radius 3 is 1.71 bits per heavy atom. The maximum absolute atomic E-state index is 5.49. The van der Waals surface area contributed by atoms with Gasteiger partial charge in [0.2, 0.25) is 0 Å². The van der Waals surface area contributed by atoms with E-state index in [1.54, 1.807) is 0 Å². The molecule has 0 aromatic heterocycles. The maximum atomic E-state index is 5.49. The van der Waals surface area contributed by atoms with Crippen molar-refractivity contribution >= 4 is 23.2 Å². The third-order valence-corrected chi connectivity index (χ3v) is 1.53. The minimum absolute atomic E-state index is 0.221. The van der Waals surface area contributed by atoms with E-state index < -0.39 is 0 Å². The Bertz CT molecular complexity index is 60.0. The fourth-order valence-electron chi connectivity index (χ4n) is 0.326. The minimum Gasteiger partial charge on any atom is -0.275 e. The number of hydrogen-bond donors (Lipinski definition) is 2. The van der Waals surface area contributed by atoms with Gasteiger partial charge < -0.3 is 0 Å². The second-order valence-corrected chi connectivity index (χ2v) is 2.16. The van der Waals surface area contributed by atoms with Gasteiger partial charge in [-0.2, -0.15) is 0 Å². The molecular weight excluding hydrogens is 135 g/mol. The highest BCUT2D eigenvalue weighted by Crippen LogP contribution is 2.08. The fraction of sp³-hybridized carbons (Fsp3) is 0.667. The van der Waals surface area contributed by atoms with Crippen LogP contribution >= 0.6 is 23.2 Å². The summed E-state index contributed by atoms with van der Waals surface area (Å²) in [7, 11) is 0. The van der Waals surface area contributed by atoms with E-state index in [2.05, 4.69) is 17.3 Å². The van der Waals surface area contributed by atoms with Gasteiger partial charge in [0.1, 0.15) is 17.7 Å². The Hall–Kier alpha value is 0.500. The number of nitrogens with one attached hydrogen (secondary N) is 2. The largest absolute Gasteiger partial charge is 0.275 e. The van der Waals surface area contributed by atoms with Crippen LogP contribution in [-0.2, 0) is 0 Å². The number of alkyl halides is 2. The van der Waals surface area contributed by atoms with Crippen LogP contribution in [0.3, 0.4) is 0 Å². The molecule has 2 nitrogen and oxygen atoms in total. The molecule has 2 unspecified atom stereocenters. The van der Waals surface area contributed by atoms with Crippen LogP contribution in [-0.4, -0.2) is 11.0 Å². The molecule has 1 saturated heterocycles. The zero-order valence-electron chi connectivity index (χ0n) is 3.41. The van der Waals surface area contributed by atoms with Crippen molar-refractivity contribution in [3.63, 3.8) is 0 Å². The monoisotopic (exact) mass is 138 g/mol. The van der Waals surface area contributed by atoms with Crippen molar-refractivity contribution in [3.05, 3.63) is 6.67 Å². The summed E-state index contributed by atoms with van der Waals surface area (Å²) in [6, 6.07) is 0. The maximum Gasteiger partial charge on any atom is 0.143 e. The van der Waals surface area contributed by atoms with E-state index in [4.69, 9.17) is 23.2 Å². The molecule has 1 fully saturated rings. The number of halogens is 2. The summed E-state index contributed by atoms with van der Waals surface area (Å²) in [5, 5.41) is 5.28. The van der Waals surface area contributed by atoms with Crippen LogP contribution in [0.4, 0.5) is 0 Å². The van der Waals surface area contributed by atoms with E-state index in [0.717, 1.165) is 0 Å². The molecule has 7 heavy (non-hydrogen) atoms. The molecule has 0 bridgehead atoms. The number of hydrogen-bond acceptors (Lipinski definition) is 2. The van der Waals surface area contributed by atoms with Gasteiger partial charge in [0.15, 0.2) is 0 Å². The second kappa shape index (κ2) is 2.18. The lowest BCUT2D eigenvalue weighted by Gasteiger charge is -1.99. The Morgan fingerprint density at radius 2 is 1.57 bits per heavy atom. The summed E-state index contributed by atoms with van der Waals surface area (Å²) in [5.74, 6) is 0. The molecule has 0 spiro atoms. The van der Waals surface area contributed by atoms with Gasteiger partial charge in [-0.25, -0.2) is 0 Å². The van der Waals surface area contributed by atoms with Gasteiger partial charge in [-0.1, -0.05) is 0 Å². The predicted octanol–water partition coefficient (Wildman–Crippen LogP) is 0.305. The first-order valence-electron chi connectivity index (χ1n) is 1.85. The van der Waals surface area contributed by atoms with Crippen LogP contribution in [0.5, 0.6) is 0 Å². The summed E-state index contributed by atoms with van der Waals surface area (Å²) < 4.78 is 0. The zero-order chi connectivity index (χ0) is 5.28. The Morgan fingerprint density at radius 1 is 1.14 bits per heavy atom. The van der Waals surface area contributed by atoms with Gasteiger partial charge in [0.05, 0.1) is 0 Å². The highest BCUT2D eigenvalue weighted by atomic mass is 35.5. The Balaban J connectivity index is 2.33. The molecule has 0 aliphatic carbocycles. The smallest absolute Gasteiger partial charge is 0.143 e. The highest BCUT2D eigenvalue weighted by Gasteiger charge is 2.21. The van der Waals surface area contributed by atoms with Gasteiger partial charge >= 0.3 is 0 Å². The molecule has 1 aliphatic rings. The van der Waals surface area contributed by atoms with Gasteiger partial charge in [0, 0.05) is 0 Å². The SMILES string of the molecule is ClC1N[C]NC1Cl. The standard InChI is InChI=1S/C3H4Cl2N2/c4-2-3(5)7-1-6-2/h2-3,6-7H. The van der Waals surface area contributed by atoms with Gasteiger partial charge in [-0.15, -0.1) is 23.2 Å². The van der Waals surface area contributed by atoms with Gasteiger partial charge in [0.25, 0.3) is 0 Å². The number of rotatable bonds is 0. The summed E-state index contributed by atoms with van der Waals surface area (Å²) in [6.45, 7) is 2.56. The van der Waals surface area contributed by atoms with Gasteiger partial charge in [-0.3, -0.25) is 10.6 Å². The second-order valence-electron chi connectivity index (χ2n) is 1.22. The van der Waals surface area contributed by atoms with Gasteiger partial charge in [-0.05, 0) is 0 Å². The average Bonchev–Trinajstić information content (AvgIpc) is 1.91. The molecule has 40 valence electrons. The van der Waals surface area contributed by atoms with Crippen molar-refractivity contribution in [3.8, 4) is 0 Å². The van der Waals surface area contributed by atoms with E-state index in [9.17, 15) is 0 Å². The molecular formula is C3H4Cl2N2. The van der Waals surface area contributed by atoms with Crippen molar-refractivity contribution in [2.75, 3.05) is 0 Å². The molecule has 0 amide bonds. The molecule has 0 saturated carbocycles. The van der Waals surface area contributed by atoms with Crippen molar-refractivity contribution in [1.29, 1.82) is 0 Å². The lowest BCUT2D eigenvalue weighted by atomic mass is 10.7. The van der Waals surface area contributed by atoms with Crippen molar-refractivity contribution in [2.24, 2.45) is 0 Å². The first kappa shape index (κ1) is 5.63. The summed E-state index contributed by atoms with van der Waals surface area (Å²) in [5.41, 5.74) is -0.441. The first-order chi connectivity index (χ1) is 3.30. The molecule has 1 aliphatic heterocycles. The summed E-state index contributed by atoms with van der Waals surface area (Å²) in [4.78, 5) is 0. The van der Waals surface area contributed by atoms with E-state index in [1.807, 2.05) is 0 Å². The summed E-state index contributed by atoms with van der Waals surface area (Å²) in [6.07, 6.45) is 0. The van der Waals surface area contributed by atoms with Crippen LogP contribution in [0, 0.1) is 6.67 Å². The Kier molecular flexibility index (Phi) is 1.75. The average molecular weight is 139 g/mol. The molecule has 1 heterocycles.